The van der Waals surface area contributed by atoms with Gasteiger partial charge in [-0.3, -0.25) is 4.79 Å². The number of benzene rings is 1. The van der Waals surface area contributed by atoms with Gasteiger partial charge in [-0.25, -0.2) is 4.79 Å². The van der Waals surface area contributed by atoms with E-state index in [-0.39, 0.29) is 11.9 Å². The quantitative estimate of drug-likeness (QED) is 0.908. The molecule has 7 heteroatoms. The van der Waals surface area contributed by atoms with E-state index in [9.17, 15) is 9.59 Å². The van der Waals surface area contributed by atoms with Crippen LogP contribution in [0.5, 0.6) is 0 Å². The summed E-state index contributed by atoms with van der Waals surface area (Å²) in [6.07, 6.45) is 0. The first-order valence-corrected chi connectivity index (χ1v) is 7.17. The van der Waals surface area contributed by atoms with Gasteiger partial charge in [-0.05, 0) is 31.5 Å². The largest absolute Gasteiger partial charge is 0.361 e. The summed E-state index contributed by atoms with van der Waals surface area (Å²) >= 11 is 0. The van der Waals surface area contributed by atoms with Gasteiger partial charge in [-0.15, -0.1) is 0 Å². The van der Waals surface area contributed by atoms with Crippen molar-refractivity contribution in [2.45, 2.75) is 27.3 Å². The molecular weight excluding hydrogens is 296 g/mol. The average molecular weight is 316 g/mol. The molecule has 0 aliphatic carbocycles. The van der Waals surface area contributed by atoms with Gasteiger partial charge in [0.2, 0.25) is 5.91 Å². The minimum atomic E-state index is -0.275. The van der Waals surface area contributed by atoms with Crippen molar-refractivity contribution in [2.75, 3.05) is 17.7 Å². The summed E-state index contributed by atoms with van der Waals surface area (Å²) in [5.74, 6) is 0.544. The third-order valence-corrected chi connectivity index (χ3v) is 3.22. The molecule has 122 valence electrons. The standard InChI is InChI=1S/C16H20N4O3/c1-10-5-6-13(8-15(10)17-12(3)21)18-16(22)20(4)9-14-7-11(2)23-19-14/h5-8H,9H2,1-4H3,(H,17,21)(H,18,22). The van der Waals surface area contributed by atoms with E-state index < -0.39 is 0 Å². The fourth-order valence-electron chi connectivity index (χ4n) is 2.05. The van der Waals surface area contributed by atoms with Crippen LogP contribution in [0.25, 0.3) is 0 Å². The monoisotopic (exact) mass is 316 g/mol. The van der Waals surface area contributed by atoms with Crippen LogP contribution in [-0.2, 0) is 11.3 Å². The molecule has 1 aromatic carbocycles. The van der Waals surface area contributed by atoms with Gasteiger partial charge in [0.25, 0.3) is 0 Å². The molecule has 0 spiro atoms. The number of carbonyl (C=O) groups is 2. The molecule has 2 aromatic rings. The molecule has 3 amide bonds. The fraction of sp³-hybridized carbons (Fsp3) is 0.312. The Balaban J connectivity index is 2.03. The van der Waals surface area contributed by atoms with Crippen molar-refractivity contribution in [3.05, 3.63) is 41.3 Å². The molecular formula is C16H20N4O3. The molecule has 0 aliphatic heterocycles. The van der Waals surface area contributed by atoms with Crippen molar-refractivity contribution in [1.29, 1.82) is 0 Å². The number of urea groups is 1. The summed E-state index contributed by atoms with van der Waals surface area (Å²) in [5, 5.41) is 9.38. The topological polar surface area (TPSA) is 87.5 Å². The van der Waals surface area contributed by atoms with Crippen molar-refractivity contribution >= 4 is 23.3 Å². The number of hydrogen-bond acceptors (Lipinski definition) is 4. The molecule has 7 nitrogen and oxygen atoms in total. The molecule has 0 atom stereocenters. The molecule has 0 bridgehead atoms. The highest BCUT2D eigenvalue weighted by molar-refractivity contribution is 5.93. The van der Waals surface area contributed by atoms with Crippen LogP contribution in [-0.4, -0.2) is 29.0 Å². The van der Waals surface area contributed by atoms with Crippen molar-refractivity contribution in [3.8, 4) is 0 Å². The first kappa shape index (κ1) is 16.5. The van der Waals surface area contributed by atoms with E-state index in [0.717, 1.165) is 5.56 Å². The zero-order chi connectivity index (χ0) is 17.0. The van der Waals surface area contributed by atoms with Crippen LogP contribution in [0.15, 0.2) is 28.8 Å². The van der Waals surface area contributed by atoms with Gasteiger partial charge in [-0.1, -0.05) is 11.2 Å². The van der Waals surface area contributed by atoms with E-state index in [1.165, 1.54) is 11.8 Å². The number of aromatic nitrogens is 1. The number of hydrogen-bond donors (Lipinski definition) is 2. The van der Waals surface area contributed by atoms with Crippen LogP contribution in [0.1, 0.15) is 23.9 Å². The molecule has 1 aromatic heterocycles. The lowest BCUT2D eigenvalue weighted by Gasteiger charge is -2.17. The van der Waals surface area contributed by atoms with Gasteiger partial charge in [0.15, 0.2) is 0 Å². The summed E-state index contributed by atoms with van der Waals surface area (Å²) in [5.41, 5.74) is 2.88. The first-order chi connectivity index (χ1) is 10.8. The number of amides is 3. The van der Waals surface area contributed by atoms with Crippen LogP contribution < -0.4 is 10.6 Å². The highest BCUT2D eigenvalue weighted by atomic mass is 16.5. The van der Waals surface area contributed by atoms with Crippen LogP contribution in [0.4, 0.5) is 16.2 Å². The summed E-state index contributed by atoms with van der Waals surface area (Å²) < 4.78 is 4.98. The van der Waals surface area contributed by atoms with E-state index >= 15 is 0 Å². The van der Waals surface area contributed by atoms with Crippen LogP contribution in [0, 0.1) is 13.8 Å². The molecule has 0 fully saturated rings. The van der Waals surface area contributed by atoms with E-state index in [2.05, 4.69) is 15.8 Å². The maximum absolute atomic E-state index is 12.2. The zero-order valence-corrected chi connectivity index (χ0v) is 13.6. The van der Waals surface area contributed by atoms with Gasteiger partial charge in [0.05, 0.1) is 6.54 Å². The number of anilines is 2. The Morgan fingerprint density at radius 3 is 2.57 bits per heavy atom. The van der Waals surface area contributed by atoms with Crippen molar-refractivity contribution in [3.63, 3.8) is 0 Å². The minimum Gasteiger partial charge on any atom is -0.361 e. The Hall–Kier alpha value is -2.83. The molecule has 0 saturated heterocycles. The maximum atomic E-state index is 12.2. The average Bonchev–Trinajstić information content (AvgIpc) is 2.87. The second-order valence-corrected chi connectivity index (χ2v) is 5.43. The van der Waals surface area contributed by atoms with Crippen molar-refractivity contribution in [1.82, 2.24) is 10.1 Å². The van der Waals surface area contributed by atoms with Gasteiger partial charge >= 0.3 is 6.03 Å². The second kappa shape index (κ2) is 6.95. The van der Waals surface area contributed by atoms with Crippen LogP contribution in [0.2, 0.25) is 0 Å². The summed E-state index contributed by atoms with van der Waals surface area (Å²) in [6, 6.07) is 6.85. The lowest BCUT2D eigenvalue weighted by Crippen LogP contribution is -2.31. The highest BCUT2D eigenvalue weighted by Gasteiger charge is 2.12. The molecule has 0 radical (unpaired) electrons. The first-order valence-electron chi connectivity index (χ1n) is 7.17. The normalized spacial score (nSPS) is 10.3. The van der Waals surface area contributed by atoms with E-state index in [0.29, 0.717) is 29.4 Å². The number of carbonyl (C=O) groups excluding carboxylic acids is 2. The van der Waals surface area contributed by atoms with Gasteiger partial charge in [0, 0.05) is 31.4 Å². The van der Waals surface area contributed by atoms with Crippen molar-refractivity contribution in [2.24, 2.45) is 0 Å². The molecule has 2 N–H and O–H groups in total. The van der Waals surface area contributed by atoms with Crippen LogP contribution >= 0.6 is 0 Å². The number of aryl methyl sites for hydroxylation is 2. The summed E-state index contributed by atoms with van der Waals surface area (Å²) in [4.78, 5) is 24.9. The number of rotatable bonds is 4. The highest BCUT2D eigenvalue weighted by Crippen LogP contribution is 2.20. The minimum absolute atomic E-state index is 0.157. The zero-order valence-electron chi connectivity index (χ0n) is 13.6. The second-order valence-electron chi connectivity index (χ2n) is 5.43. The molecule has 0 aliphatic rings. The van der Waals surface area contributed by atoms with Gasteiger partial charge < -0.3 is 20.1 Å². The molecule has 0 saturated carbocycles. The fourth-order valence-corrected chi connectivity index (χ4v) is 2.05. The van der Waals surface area contributed by atoms with Gasteiger partial charge in [-0.2, -0.15) is 0 Å². The summed E-state index contributed by atoms with van der Waals surface area (Å²) in [6.45, 7) is 5.47. The van der Waals surface area contributed by atoms with E-state index in [1.54, 1.807) is 32.2 Å². The predicted octanol–water partition coefficient (Wildman–Crippen LogP) is 2.91. The smallest absolute Gasteiger partial charge is 0.321 e. The third-order valence-electron chi connectivity index (χ3n) is 3.22. The molecule has 23 heavy (non-hydrogen) atoms. The predicted molar refractivity (Wildman–Crippen MR) is 87.2 cm³/mol. The van der Waals surface area contributed by atoms with Crippen LogP contribution in [0.3, 0.4) is 0 Å². The third kappa shape index (κ3) is 4.57. The van der Waals surface area contributed by atoms with Crippen molar-refractivity contribution < 1.29 is 14.1 Å². The van der Waals surface area contributed by atoms with E-state index in [4.69, 9.17) is 4.52 Å². The molecule has 0 unspecified atom stereocenters. The Morgan fingerprint density at radius 1 is 1.22 bits per heavy atom. The maximum Gasteiger partial charge on any atom is 0.321 e. The Labute approximate surface area is 134 Å². The number of nitrogens with one attached hydrogen (secondary N) is 2. The SMILES string of the molecule is CC(=O)Nc1cc(NC(=O)N(C)Cc2cc(C)on2)ccc1C. The van der Waals surface area contributed by atoms with E-state index in [1.807, 2.05) is 13.0 Å². The van der Waals surface area contributed by atoms with Gasteiger partial charge in [0.1, 0.15) is 11.5 Å². The Kier molecular flexibility index (Phi) is 5.00. The molecule has 2 rings (SSSR count). The summed E-state index contributed by atoms with van der Waals surface area (Å²) in [7, 11) is 1.67. The molecule has 1 heterocycles. The Bertz CT molecular complexity index is 724. The number of nitrogens with zero attached hydrogens (tertiary/aromatic N) is 2. The Morgan fingerprint density at radius 2 is 1.96 bits per heavy atom. The lowest BCUT2D eigenvalue weighted by atomic mass is 10.2. The lowest BCUT2D eigenvalue weighted by molar-refractivity contribution is -0.114.